The van der Waals surface area contributed by atoms with Crippen LogP contribution in [-0.2, 0) is 27.7 Å². The first kappa shape index (κ1) is 26.2. The van der Waals surface area contributed by atoms with Crippen LogP contribution >= 0.6 is 0 Å². The third kappa shape index (κ3) is 6.58. The van der Waals surface area contributed by atoms with E-state index in [4.69, 9.17) is 14.2 Å². The Morgan fingerprint density at radius 3 is 2.11 bits per heavy atom. The molecule has 0 saturated heterocycles. The summed E-state index contributed by atoms with van der Waals surface area (Å²) in [6, 6.07) is 16.7. The SMILES string of the molecule is CCOC(=O)c1ccc(CN(CCc2ccc(OC)c(OC)c2)S(=O)(=O)c2ccc(F)cc2)cc1. The highest BCUT2D eigenvalue weighted by atomic mass is 32.2. The lowest BCUT2D eigenvalue weighted by Gasteiger charge is -2.23. The van der Waals surface area contributed by atoms with Crippen LogP contribution in [0.5, 0.6) is 11.5 Å². The van der Waals surface area contributed by atoms with Crippen LogP contribution in [0.4, 0.5) is 4.39 Å². The molecule has 0 aliphatic heterocycles. The van der Waals surface area contributed by atoms with Gasteiger partial charge in [-0.3, -0.25) is 0 Å². The van der Waals surface area contributed by atoms with Gasteiger partial charge in [-0.1, -0.05) is 18.2 Å². The summed E-state index contributed by atoms with van der Waals surface area (Å²) >= 11 is 0. The molecule has 3 aromatic rings. The summed E-state index contributed by atoms with van der Waals surface area (Å²) in [5, 5.41) is 0. The van der Waals surface area contributed by atoms with Crippen LogP contribution in [0.3, 0.4) is 0 Å². The van der Waals surface area contributed by atoms with E-state index < -0.39 is 21.8 Å². The molecular weight excluding hydrogens is 473 g/mol. The maximum atomic E-state index is 13.4. The van der Waals surface area contributed by atoms with Gasteiger partial charge in [-0.15, -0.1) is 0 Å². The van der Waals surface area contributed by atoms with Gasteiger partial charge in [-0.25, -0.2) is 17.6 Å². The molecule has 0 aromatic heterocycles. The highest BCUT2D eigenvalue weighted by Crippen LogP contribution is 2.28. The van der Waals surface area contributed by atoms with Crippen molar-refractivity contribution in [2.45, 2.75) is 24.8 Å². The van der Waals surface area contributed by atoms with Gasteiger partial charge in [-0.2, -0.15) is 4.31 Å². The number of halogens is 1. The predicted molar refractivity (Wildman–Crippen MR) is 130 cm³/mol. The molecule has 0 saturated carbocycles. The Labute approximate surface area is 205 Å². The maximum absolute atomic E-state index is 13.4. The highest BCUT2D eigenvalue weighted by molar-refractivity contribution is 7.89. The number of sulfonamides is 1. The standard InChI is InChI=1S/C26H28FNO6S/c1-4-34-26(29)21-8-5-20(6-9-21)18-28(35(30,31)23-12-10-22(27)11-13-23)16-15-19-7-14-24(32-2)25(17-19)33-3/h5-14,17H,4,15-16,18H2,1-3H3. The second-order valence-electron chi connectivity index (χ2n) is 7.65. The Kier molecular flexibility index (Phi) is 8.84. The molecule has 3 aromatic carbocycles. The van der Waals surface area contributed by atoms with E-state index in [-0.39, 0.29) is 24.6 Å². The van der Waals surface area contributed by atoms with Gasteiger partial charge in [0.25, 0.3) is 0 Å². The zero-order valence-electron chi connectivity index (χ0n) is 19.9. The summed E-state index contributed by atoms with van der Waals surface area (Å²) in [7, 11) is -0.853. The molecule has 0 aliphatic carbocycles. The number of hydrogen-bond acceptors (Lipinski definition) is 6. The molecule has 0 amide bonds. The van der Waals surface area contributed by atoms with Crippen molar-refractivity contribution in [2.24, 2.45) is 0 Å². The van der Waals surface area contributed by atoms with Crippen molar-refractivity contribution in [2.75, 3.05) is 27.4 Å². The molecule has 0 fully saturated rings. The summed E-state index contributed by atoms with van der Waals surface area (Å²) < 4.78 is 57.2. The highest BCUT2D eigenvalue weighted by Gasteiger charge is 2.25. The summed E-state index contributed by atoms with van der Waals surface area (Å²) in [5.74, 6) is 0.167. The van der Waals surface area contributed by atoms with Crippen LogP contribution in [-0.4, -0.2) is 46.1 Å². The van der Waals surface area contributed by atoms with Crippen LogP contribution in [0.1, 0.15) is 28.4 Å². The van der Waals surface area contributed by atoms with Crippen LogP contribution in [0, 0.1) is 5.82 Å². The van der Waals surface area contributed by atoms with E-state index in [2.05, 4.69) is 0 Å². The molecule has 9 heteroatoms. The third-order valence-corrected chi connectivity index (χ3v) is 7.23. The largest absolute Gasteiger partial charge is 0.493 e. The summed E-state index contributed by atoms with van der Waals surface area (Å²) in [6.45, 7) is 2.22. The van der Waals surface area contributed by atoms with Crippen LogP contribution in [0.15, 0.2) is 71.6 Å². The number of nitrogens with zero attached hydrogens (tertiary/aromatic N) is 1. The van der Waals surface area contributed by atoms with Crippen LogP contribution < -0.4 is 9.47 Å². The molecule has 35 heavy (non-hydrogen) atoms. The molecule has 3 rings (SSSR count). The minimum Gasteiger partial charge on any atom is -0.493 e. The van der Waals surface area contributed by atoms with Gasteiger partial charge >= 0.3 is 5.97 Å². The summed E-state index contributed by atoms with van der Waals surface area (Å²) in [6.07, 6.45) is 0.404. The fourth-order valence-corrected chi connectivity index (χ4v) is 4.92. The first-order valence-electron chi connectivity index (χ1n) is 11.0. The molecule has 0 aliphatic rings. The number of ether oxygens (including phenoxy) is 3. The van der Waals surface area contributed by atoms with E-state index in [1.54, 1.807) is 50.4 Å². The molecule has 7 nitrogen and oxygen atoms in total. The fourth-order valence-electron chi connectivity index (χ4n) is 3.49. The lowest BCUT2D eigenvalue weighted by atomic mass is 10.1. The number of methoxy groups -OCH3 is 2. The molecule has 0 heterocycles. The Morgan fingerprint density at radius 1 is 0.886 bits per heavy atom. The smallest absolute Gasteiger partial charge is 0.338 e. The van der Waals surface area contributed by atoms with E-state index in [1.807, 2.05) is 6.07 Å². The minimum absolute atomic E-state index is 0.00523. The van der Waals surface area contributed by atoms with Crippen molar-refractivity contribution in [1.29, 1.82) is 0 Å². The van der Waals surface area contributed by atoms with Crippen LogP contribution in [0.25, 0.3) is 0 Å². The number of carbonyl (C=O) groups is 1. The Morgan fingerprint density at radius 2 is 1.51 bits per heavy atom. The van der Waals surface area contributed by atoms with Crippen molar-refractivity contribution in [3.05, 3.63) is 89.2 Å². The first-order valence-corrected chi connectivity index (χ1v) is 12.4. The van der Waals surface area contributed by atoms with E-state index >= 15 is 0 Å². The van der Waals surface area contributed by atoms with Crippen molar-refractivity contribution < 1.29 is 31.8 Å². The predicted octanol–water partition coefficient (Wildman–Crippen LogP) is 4.45. The van der Waals surface area contributed by atoms with E-state index in [0.29, 0.717) is 29.0 Å². The van der Waals surface area contributed by atoms with E-state index in [1.165, 1.54) is 23.5 Å². The average Bonchev–Trinajstić information content (AvgIpc) is 2.87. The molecule has 0 bridgehead atoms. The normalized spacial score (nSPS) is 11.3. The van der Waals surface area contributed by atoms with E-state index in [0.717, 1.165) is 17.7 Å². The van der Waals surface area contributed by atoms with Crippen molar-refractivity contribution in [3.63, 3.8) is 0 Å². The number of carbonyl (C=O) groups excluding carboxylic acids is 1. The molecule has 0 N–H and O–H groups in total. The van der Waals surface area contributed by atoms with E-state index in [9.17, 15) is 17.6 Å². The van der Waals surface area contributed by atoms with Gasteiger partial charge in [-0.05, 0) is 73.0 Å². The summed E-state index contributed by atoms with van der Waals surface area (Å²) in [5.41, 5.74) is 1.93. The van der Waals surface area contributed by atoms with Crippen molar-refractivity contribution in [3.8, 4) is 11.5 Å². The number of rotatable bonds is 11. The molecular formula is C26H28FNO6S. The van der Waals surface area contributed by atoms with Gasteiger partial charge in [0.2, 0.25) is 10.0 Å². The number of benzene rings is 3. The molecule has 0 spiro atoms. The summed E-state index contributed by atoms with van der Waals surface area (Å²) in [4.78, 5) is 11.9. The van der Waals surface area contributed by atoms with Crippen LogP contribution in [0.2, 0.25) is 0 Å². The monoisotopic (exact) mass is 501 g/mol. The zero-order chi connectivity index (χ0) is 25.4. The number of hydrogen-bond donors (Lipinski definition) is 0. The second kappa shape index (κ2) is 11.8. The third-order valence-electron chi connectivity index (χ3n) is 5.37. The maximum Gasteiger partial charge on any atom is 0.338 e. The Bertz CT molecular complexity index is 1240. The van der Waals surface area contributed by atoms with Crippen molar-refractivity contribution >= 4 is 16.0 Å². The van der Waals surface area contributed by atoms with Gasteiger partial charge in [0.05, 0.1) is 31.3 Å². The number of esters is 1. The Balaban J connectivity index is 1.87. The quantitative estimate of drug-likeness (QED) is 0.361. The van der Waals surface area contributed by atoms with Gasteiger partial charge in [0.15, 0.2) is 11.5 Å². The molecule has 0 radical (unpaired) electrons. The van der Waals surface area contributed by atoms with Crippen molar-refractivity contribution in [1.82, 2.24) is 4.31 Å². The minimum atomic E-state index is -3.93. The molecule has 0 unspecified atom stereocenters. The van der Waals surface area contributed by atoms with Gasteiger partial charge < -0.3 is 14.2 Å². The fraction of sp³-hybridized carbons (Fsp3) is 0.269. The average molecular weight is 502 g/mol. The van der Waals surface area contributed by atoms with Gasteiger partial charge in [0, 0.05) is 13.1 Å². The lowest BCUT2D eigenvalue weighted by molar-refractivity contribution is 0.0526. The van der Waals surface area contributed by atoms with Gasteiger partial charge in [0.1, 0.15) is 5.82 Å². The second-order valence-corrected chi connectivity index (χ2v) is 9.59. The first-order chi connectivity index (χ1) is 16.8. The Hall–Kier alpha value is -3.43. The topological polar surface area (TPSA) is 82.1 Å². The lowest BCUT2D eigenvalue weighted by Crippen LogP contribution is -2.32. The molecule has 0 atom stereocenters. The zero-order valence-corrected chi connectivity index (χ0v) is 20.7. The molecule has 186 valence electrons.